The van der Waals surface area contributed by atoms with E-state index >= 15 is 0 Å². The molecule has 1 N–H and O–H groups in total. The Morgan fingerprint density at radius 3 is 2.50 bits per heavy atom. The van der Waals surface area contributed by atoms with Gasteiger partial charge in [0.1, 0.15) is 11.4 Å². The van der Waals surface area contributed by atoms with Crippen LogP contribution in [0.5, 0.6) is 0 Å². The molecule has 0 aliphatic carbocycles. The van der Waals surface area contributed by atoms with Gasteiger partial charge in [-0.25, -0.2) is 9.78 Å². The van der Waals surface area contributed by atoms with Crippen LogP contribution in [0, 0.1) is 6.92 Å². The highest BCUT2D eigenvalue weighted by atomic mass is 16.6. The molecular formula is C21H25N3O2. The molecule has 0 bridgehead atoms. The number of benzene rings is 2. The van der Waals surface area contributed by atoms with Crippen molar-refractivity contribution in [2.24, 2.45) is 0 Å². The molecule has 0 aliphatic rings. The number of nitrogens with zero attached hydrogens (tertiary/aromatic N) is 2. The second kappa shape index (κ2) is 6.83. The van der Waals surface area contributed by atoms with Gasteiger partial charge < -0.3 is 10.1 Å². The van der Waals surface area contributed by atoms with Gasteiger partial charge in [-0.05, 0) is 64.4 Å². The zero-order valence-electron chi connectivity index (χ0n) is 15.9. The van der Waals surface area contributed by atoms with E-state index in [1.54, 1.807) is 0 Å². The van der Waals surface area contributed by atoms with Crippen LogP contribution in [0.2, 0.25) is 0 Å². The van der Waals surface area contributed by atoms with E-state index < -0.39 is 11.7 Å². The summed E-state index contributed by atoms with van der Waals surface area (Å²) >= 11 is 0. The molecule has 0 spiro atoms. The van der Waals surface area contributed by atoms with Gasteiger partial charge in [0, 0.05) is 5.69 Å². The average Bonchev–Trinajstić information content (AvgIpc) is 2.92. The Morgan fingerprint density at radius 2 is 1.85 bits per heavy atom. The summed E-state index contributed by atoms with van der Waals surface area (Å²) in [5.74, 6) is 0.766. The van der Waals surface area contributed by atoms with Gasteiger partial charge in [-0.2, -0.15) is 0 Å². The largest absolute Gasteiger partial charge is 0.444 e. The number of imidazole rings is 1. The molecule has 3 rings (SSSR count). The van der Waals surface area contributed by atoms with Gasteiger partial charge in [0.15, 0.2) is 0 Å². The Hall–Kier alpha value is -2.82. The van der Waals surface area contributed by atoms with Crippen LogP contribution in [0.4, 0.5) is 4.79 Å². The van der Waals surface area contributed by atoms with Gasteiger partial charge in [-0.15, -0.1) is 0 Å². The molecule has 26 heavy (non-hydrogen) atoms. The summed E-state index contributed by atoms with van der Waals surface area (Å²) in [6, 6.07) is 15.9. The molecule has 1 aromatic heterocycles. The third-order valence-electron chi connectivity index (χ3n) is 3.97. The fourth-order valence-corrected chi connectivity index (χ4v) is 2.90. The van der Waals surface area contributed by atoms with Crippen molar-refractivity contribution in [3.8, 4) is 5.69 Å². The minimum Gasteiger partial charge on any atom is -0.444 e. The van der Waals surface area contributed by atoms with Crippen molar-refractivity contribution in [3.63, 3.8) is 0 Å². The second-order valence-corrected chi connectivity index (χ2v) is 7.50. The monoisotopic (exact) mass is 351 g/mol. The molecule has 1 atom stereocenters. The number of ether oxygens (including phenoxy) is 1. The van der Waals surface area contributed by atoms with Gasteiger partial charge in [0.05, 0.1) is 17.1 Å². The van der Waals surface area contributed by atoms with E-state index in [0.717, 1.165) is 28.1 Å². The quantitative estimate of drug-likeness (QED) is 0.729. The Labute approximate surface area is 154 Å². The Balaban J connectivity index is 2.03. The lowest BCUT2D eigenvalue weighted by atomic mass is 10.2. The second-order valence-electron chi connectivity index (χ2n) is 7.50. The van der Waals surface area contributed by atoms with Crippen LogP contribution in [-0.2, 0) is 4.74 Å². The van der Waals surface area contributed by atoms with Crippen LogP contribution >= 0.6 is 0 Å². The van der Waals surface area contributed by atoms with Crippen molar-refractivity contribution < 1.29 is 9.53 Å². The number of hydrogen-bond acceptors (Lipinski definition) is 3. The van der Waals surface area contributed by atoms with E-state index in [1.165, 1.54) is 0 Å². The lowest BCUT2D eigenvalue weighted by Crippen LogP contribution is -2.34. The topological polar surface area (TPSA) is 56.1 Å². The van der Waals surface area contributed by atoms with E-state index in [4.69, 9.17) is 9.72 Å². The number of fused-ring (bicyclic) bond motifs is 1. The first-order chi connectivity index (χ1) is 12.2. The van der Waals surface area contributed by atoms with E-state index in [2.05, 4.69) is 28.1 Å². The molecule has 136 valence electrons. The van der Waals surface area contributed by atoms with Crippen molar-refractivity contribution >= 4 is 17.1 Å². The third-order valence-corrected chi connectivity index (χ3v) is 3.97. The highest BCUT2D eigenvalue weighted by molar-refractivity contribution is 5.79. The van der Waals surface area contributed by atoms with Gasteiger partial charge in [0.2, 0.25) is 0 Å². The van der Waals surface area contributed by atoms with Crippen LogP contribution in [0.25, 0.3) is 16.7 Å². The van der Waals surface area contributed by atoms with Crippen molar-refractivity contribution in [3.05, 3.63) is 59.9 Å². The molecule has 0 aliphatic heterocycles. The Morgan fingerprint density at radius 1 is 1.15 bits per heavy atom. The van der Waals surface area contributed by atoms with Crippen LogP contribution in [0.3, 0.4) is 0 Å². The highest BCUT2D eigenvalue weighted by Gasteiger charge is 2.22. The zero-order chi connectivity index (χ0) is 18.9. The fourth-order valence-electron chi connectivity index (χ4n) is 2.90. The SMILES string of the molecule is Cc1ccc2c(c1)nc(C(C)NC(=O)OC(C)(C)C)n2-c1ccccc1. The number of carbonyl (C=O) groups is 1. The smallest absolute Gasteiger partial charge is 0.408 e. The number of carbonyl (C=O) groups excluding carboxylic acids is 1. The number of aromatic nitrogens is 2. The number of amides is 1. The molecule has 0 fully saturated rings. The number of para-hydroxylation sites is 1. The standard InChI is InChI=1S/C21H25N3O2/c1-14-11-12-18-17(13-14)23-19(24(18)16-9-7-6-8-10-16)15(2)22-20(25)26-21(3,4)5/h6-13,15H,1-5H3,(H,22,25). The summed E-state index contributed by atoms with van der Waals surface area (Å²) in [6.07, 6.45) is -0.451. The highest BCUT2D eigenvalue weighted by Crippen LogP contribution is 2.26. The maximum Gasteiger partial charge on any atom is 0.408 e. The molecule has 3 aromatic rings. The summed E-state index contributed by atoms with van der Waals surface area (Å²) in [5.41, 5.74) is 3.53. The van der Waals surface area contributed by atoms with Gasteiger partial charge in [-0.1, -0.05) is 24.3 Å². The third kappa shape index (κ3) is 3.87. The molecule has 0 saturated carbocycles. The van der Waals surface area contributed by atoms with Gasteiger partial charge in [-0.3, -0.25) is 4.57 Å². The predicted molar refractivity (Wildman–Crippen MR) is 104 cm³/mol. The zero-order valence-corrected chi connectivity index (χ0v) is 15.9. The van der Waals surface area contributed by atoms with E-state index in [9.17, 15) is 4.79 Å². The van der Waals surface area contributed by atoms with Crippen molar-refractivity contribution in [1.29, 1.82) is 0 Å². The molecule has 0 radical (unpaired) electrons. The van der Waals surface area contributed by atoms with Crippen LogP contribution < -0.4 is 5.32 Å². The number of rotatable bonds is 3. The van der Waals surface area contributed by atoms with E-state index in [1.807, 2.05) is 65.0 Å². The van der Waals surface area contributed by atoms with Crippen molar-refractivity contribution in [2.75, 3.05) is 0 Å². The molecule has 1 amide bonds. The van der Waals surface area contributed by atoms with Crippen molar-refractivity contribution in [1.82, 2.24) is 14.9 Å². The Kier molecular flexibility index (Phi) is 4.72. The van der Waals surface area contributed by atoms with Crippen LogP contribution in [-0.4, -0.2) is 21.2 Å². The summed E-state index contributed by atoms with van der Waals surface area (Å²) < 4.78 is 7.46. The van der Waals surface area contributed by atoms with Crippen LogP contribution in [0.15, 0.2) is 48.5 Å². The minimum absolute atomic E-state index is 0.308. The normalized spacial score (nSPS) is 12.8. The van der Waals surface area contributed by atoms with E-state index in [-0.39, 0.29) is 6.04 Å². The lowest BCUT2D eigenvalue weighted by Gasteiger charge is -2.22. The number of nitrogens with one attached hydrogen (secondary N) is 1. The molecule has 2 aromatic carbocycles. The molecule has 5 heteroatoms. The first-order valence-electron chi connectivity index (χ1n) is 8.78. The summed E-state index contributed by atoms with van der Waals surface area (Å²) in [7, 11) is 0. The number of alkyl carbamates (subject to hydrolysis) is 1. The first-order valence-corrected chi connectivity index (χ1v) is 8.78. The minimum atomic E-state index is -0.541. The number of aryl methyl sites for hydroxylation is 1. The molecular weight excluding hydrogens is 326 g/mol. The molecule has 1 heterocycles. The maximum atomic E-state index is 12.2. The fraction of sp³-hybridized carbons (Fsp3) is 0.333. The van der Waals surface area contributed by atoms with Gasteiger partial charge in [0.25, 0.3) is 0 Å². The number of hydrogen-bond donors (Lipinski definition) is 1. The van der Waals surface area contributed by atoms with Crippen molar-refractivity contribution in [2.45, 2.75) is 46.3 Å². The summed E-state index contributed by atoms with van der Waals surface area (Å²) in [6.45, 7) is 9.50. The molecule has 0 saturated heterocycles. The maximum absolute atomic E-state index is 12.2. The summed E-state index contributed by atoms with van der Waals surface area (Å²) in [4.78, 5) is 17.0. The first kappa shape index (κ1) is 18.0. The predicted octanol–water partition coefficient (Wildman–Crippen LogP) is 4.92. The average molecular weight is 351 g/mol. The Bertz CT molecular complexity index is 924. The van der Waals surface area contributed by atoms with Gasteiger partial charge >= 0.3 is 6.09 Å². The molecule has 5 nitrogen and oxygen atoms in total. The lowest BCUT2D eigenvalue weighted by molar-refractivity contribution is 0.0505. The van der Waals surface area contributed by atoms with Crippen LogP contribution in [0.1, 0.15) is 45.1 Å². The van der Waals surface area contributed by atoms with E-state index in [0.29, 0.717) is 0 Å². The summed E-state index contributed by atoms with van der Waals surface area (Å²) in [5, 5.41) is 2.89. The molecule has 1 unspecified atom stereocenters.